The van der Waals surface area contributed by atoms with Gasteiger partial charge in [-0.05, 0) is 43.7 Å². The molecule has 0 spiro atoms. The average molecular weight is 413 g/mol. The normalized spacial score (nSPS) is 26.6. The first-order valence-corrected chi connectivity index (χ1v) is 12.2. The second kappa shape index (κ2) is 8.70. The van der Waals surface area contributed by atoms with Crippen LogP contribution in [0.5, 0.6) is 0 Å². The number of piperazine rings is 1. The first kappa shape index (κ1) is 19.5. The Morgan fingerprint density at radius 3 is 2.59 bits per heavy atom. The number of thiazole rings is 1. The summed E-state index contributed by atoms with van der Waals surface area (Å²) in [6.07, 6.45) is 7.75. The maximum atomic E-state index is 13.1. The lowest BCUT2D eigenvalue weighted by Gasteiger charge is -2.45. The van der Waals surface area contributed by atoms with Crippen LogP contribution < -0.4 is 0 Å². The van der Waals surface area contributed by atoms with Crippen LogP contribution in [0.4, 0.5) is 0 Å². The Hall–Kier alpha value is -1.50. The van der Waals surface area contributed by atoms with Crippen molar-refractivity contribution in [1.82, 2.24) is 19.7 Å². The van der Waals surface area contributed by atoms with Crippen molar-refractivity contribution in [1.29, 1.82) is 0 Å². The zero-order valence-corrected chi connectivity index (χ0v) is 18.1. The van der Waals surface area contributed by atoms with Crippen LogP contribution in [0, 0.1) is 5.92 Å². The standard InChI is InChI=1S/C23H32N4OS/c28-23(27-11-5-7-18-6-1-3-9-20(18)27)17-26-14-12-25(13-15-26)16-22-24-19-8-2-4-10-21(19)29-22/h2,4,8,10,18,20H,1,3,5-7,9,11-17H2/t18-,20+/m1/s1. The summed E-state index contributed by atoms with van der Waals surface area (Å²) in [5, 5.41) is 1.20. The van der Waals surface area contributed by atoms with E-state index in [1.165, 1.54) is 48.2 Å². The topological polar surface area (TPSA) is 39.7 Å². The Morgan fingerprint density at radius 1 is 0.966 bits per heavy atom. The van der Waals surface area contributed by atoms with E-state index in [9.17, 15) is 4.79 Å². The van der Waals surface area contributed by atoms with E-state index in [0.29, 0.717) is 18.5 Å². The molecule has 1 amide bonds. The van der Waals surface area contributed by atoms with Gasteiger partial charge in [-0.1, -0.05) is 25.0 Å². The molecule has 1 aromatic carbocycles. The quantitative estimate of drug-likeness (QED) is 0.769. The number of aromatic nitrogens is 1. The summed E-state index contributed by atoms with van der Waals surface area (Å²) in [6, 6.07) is 8.91. The first-order valence-electron chi connectivity index (χ1n) is 11.3. The number of rotatable bonds is 4. The molecule has 0 N–H and O–H groups in total. The molecule has 3 aliphatic rings. The number of nitrogens with zero attached hydrogens (tertiary/aromatic N) is 4. The van der Waals surface area contributed by atoms with Crippen LogP contribution in [-0.4, -0.2) is 70.9 Å². The molecule has 156 valence electrons. The predicted octanol–water partition coefficient (Wildman–Crippen LogP) is 3.60. The highest BCUT2D eigenvalue weighted by Gasteiger charge is 2.36. The Bertz CT molecular complexity index is 809. The van der Waals surface area contributed by atoms with Gasteiger partial charge in [-0.15, -0.1) is 11.3 Å². The zero-order valence-electron chi connectivity index (χ0n) is 17.3. The molecule has 2 saturated heterocycles. The number of benzene rings is 1. The van der Waals surface area contributed by atoms with Gasteiger partial charge in [0, 0.05) is 38.8 Å². The molecule has 2 aliphatic heterocycles. The highest BCUT2D eigenvalue weighted by molar-refractivity contribution is 7.18. The molecule has 2 aromatic rings. The van der Waals surface area contributed by atoms with Gasteiger partial charge in [-0.3, -0.25) is 14.6 Å². The molecule has 5 rings (SSSR count). The Balaban J connectivity index is 1.12. The highest BCUT2D eigenvalue weighted by Crippen LogP contribution is 2.35. The third-order valence-electron chi connectivity index (χ3n) is 7.08. The van der Waals surface area contributed by atoms with Crippen LogP contribution in [-0.2, 0) is 11.3 Å². The van der Waals surface area contributed by atoms with E-state index in [2.05, 4.69) is 39.0 Å². The van der Waals surface area contributed by atoms with Gasteiger partial charge in [0.1, 0.15) is 5.01 Å². The number of amides is 1. The third kappa shape index (κ3) is 4.35. The Morgan fingerprint density at radius 2 is 1.72 bits per heavy atom. The van der Waals surface area contributed by atoms with Crippen molar-refractivity contribution >= 4 is 27.5 Å². The van der Waals surface area contributed by atoms with Gasteiger partial charge in [0.15, 0.2) is 0 Å². The number of hydrogen-bond acceptors (Lipinski definition) is 5. The smallest absolute Gasteiger partial charge is 0.237 e. The van der Waals surface area contributed by atoms with Crippen molar-refractivity contribution in [3.63, 3.8) is 0 Å². The van der Waals surface area contributed by atoms with E-state index in [0.717, 1.165) is 50.7 Å². The maximum absolute atomic E-state index is 13.1. The molecule has 0 unspecified atom stereocenters. The van der Waals surface area contributed by atoms with Crippen LogP contribution in [0.25, 0.3) is 10.2 Å². The zero-order chi connectivity index (χ0) is 19.6. The molecule has 1 aromatic heterocycles. The summed E-state index contributed by atoms with van der Waals surface area (Å²) in [5.74, 6) is 1.15. The molecule has 29 heavy (non-hydrogen) atoms. The maximum Gasteiger partial charge on any atom is 0.237 e. The minimum Gasteiger partial charge on any atom is -0.338 e. The summed E-state index contributed by atoms with van der Waals surface area (Å²) in [7, 11) is 0. The summed E-state index contributed by atoms with van der Waals surface area (Å²) >= 11 is 1.80. The molecule has 3 fully saturated rings. The molecular weight excluding hydrogens is 380 g/mol. The van der Waals surface area contributed by atoms with E-state index in [-0.39, 0.29) is 0 Å². The second-order valence-corrected chi connectivity index (χ2v) is 10.1. The number of carbonyl (C=O) groups excluding carboxylic acids is 1. The molecule has 5 nitrogen and oxygen atoms in total. The lowest BCUT2D eigenvalue weighted by Crippen LogP contribution is -2.54. The van der Waals surface area contributed by atoms with Crippen LogP contribution in [0.3, 0.4) is 0 Å². The van der Waals surface area contributed by atoms with Crippen LogP contribution in [0.15, 0.2) is 24.3 Å². The number of likely N-dealkylation sites (tertiary alicyclic amines) is 1. The van der Waals surface area contributed by atoms with Crippen molar-refractivity contribution in [3.05, 3.63) is 29.3 Å². The molecule has 6 heteroatoms. The van der Waals surface area contributed by atoms with Gasteiger partial charge >= 0.3 is 0 Å². The third-order valence-corrected chi connectivity index (χ3v) is 8.11. The summed E-state index contributed by atoms with van der Waals surface area (Å²) in [6.45, 7) is 6.54. The van der Waals surface area contributed by atoms with E-state index in [1.54, 1.807) is 11.3 Å². The largest absolute Gasteiger partial charge is 0.338 e. The monoisotopic (exact) mass is 412 g/mol. The van der Waals surface area contributed by atoms with E-state index >= 15 is 0 Å². The van der Waals surface area contributed by atoms with E-state index < -0.39 is 0 Å². The number of fused-ring (bicyclic) bond motifs is 2. The summed E-state index contributed by atoms with van der Waals surface area (Å²) in [4.78, 5) is 24.9. The van der Waals surface area contributed by atoms with Crippen molar-refractivity contribution in [2.75, 3.05) is 39.3 Å². The molecular formula is C23H32N4OS. The predicted molar refractivity (Wildman–Crippen MR) is 118 cm³/mol. The van der Waals surface area contributed by atoms with Crippen molar-refractivity contribution in [2.45, 2.75) is 51.1 Å². The van der Waals surface area contributed by atoms with Gasteiger partial charge in [0.05, 0.1) is 23.3 Å². The van der Waals surface area contributed by atoms with Crippen molar-refractivity contribution in [2.24, 2.45) is 5.92 Å². The summed E-state index contributed by atoms with van der Waals surface area (Å²) < 4.78 is 1.27. The SMILES string of the molecule is O=C(CN1CCN(Cc2nc3ccccc3s2)CC1)N1CCC[C@H]2CCCC[C@@H]21. The van der Waals surface area contributed by atoms with Gasteiger partial charge in [0.25, 0.3) is 0 Å². The molecule has 3 heterocycles. The molecule has 2 atom stereocenters. The second-order valence-electron chi connectivity index (χ2n) is 8.97. The van der Waals surface area contributed by atoms with E-state index in [1.807, 2.05) is 0 Å². The lowest BCUT2D eigenvalue weighted by molar-refractivity contribution is -0.139. The minimum absolute atomic E-state index is 0.376. The lowest BCUT2D eigenvalue weighted by atomic mass is 9.78. The Kier molecular flexibility index (Phi) is 5.84. The molecule has 1 saturated carbocycles. The summed E-state index contributed by atoms with van der Waals surface area (Å²) in [5.41, 5.74) is 1.11. The van der Waals surface area contributed by atoms with Crippen molar-refractivity contribution < 1.29 is 4.79 Å². The Labute approximate surface area is 177 Å². The highest BCUT2D eigenvalue weighted by atomic mass is 32.1. The first-order chi connectivity index (χ1) is 14.3. The van der Waals surface area contributed by atoms with Gasteiger partial charge < -0.3 is 4.90 Å². The van der Waals surface area contributed by atoms with Crippen LogP contribution >= 0.6 is 11.3 Å². The van der Waals surface area contributed by atoms with Crippen LogP contribution in [0.1, 0.15) is 43.5 Å². The van der Waals surface area contributed by atoms with Crippen LogP contribution in [0.2, 0.25) is 0 Å². The molecule has 0 bridgehead atoms. The number of carbonyl (C=O) groups is 1. The fraction of sp³-hybridized carbons (Fsp3) is 0.652. The number of para-hydroxylation sites is 1. The van der Waals surface area contributed by atoms with Crippen molar-refractivity contribution in [3.8, 4) is 0 Å². The fourth-order valence-electron chi connectivity index (χ4n) is 5.50. The molecule has 0 radical (unpaired) electrons. The molecule has 1 aliphatic carbocycles. The average Bonchev–Trinajstić information content (AvgIpc) is 3.17. The number of hydrogen-bond donors (Lipinski definition) is 0. The van der Waals surface area contributed by atoms with E-state index in [4.69, 9.17) is 4.98 Å². The number of piperidine rings is 1. The van der Waals surface area contributed by atoms with Gasteiger partial charge in [-0.2, -0.15) is 0 Å². The minimum atomic E-state index is 0.376. The fourth-order valence-corrected chi connectivity index (χ4v) is 6.51. The van der Waals surface area contributed by atoms with Gasteiger partial charge in [-0.25, -0.2) is 4.98 Å². The van der Waals surface area contributed by atoms with Gasteiger partial charge in [0.2, 0.25) is 5.91 Å².